The van der Waals surface area contributed by atoms with Gasteiger partial charge in [-0.05, 0) is 30.4 Å². The molecular weight excluding hydrogens is 288 g/mol. The SMILES string of the molecule is CC1CCC(CCNS(=O)(=O)c2cccnc2NN)CC1. The van der Waals surface area contributed by atoms with Crippen molar-refractivity contribution in [2.75, 3.05) is 12.0 Å². The van der Waals surface area contributed by atoms with Crippen molar-refractivity contribution >= 4 is 15.8 Å². The summed E-state index contributed by atoms with van der Waals surface area (Å²) in [5.41, 5.74) is 2.32. The number of nitrogen functional groups attached to an aromatic ring is 1. The van der Waals surface area contributed by atoms with Crippen LogP contribution in [0.25, 0.3) is 0 Å². The minimum Gasteiger partial charge on any atom is -0.307 e. The van der Waals surface area contributed by atoms with Gasteiger partial charge in [0.25, 0.3) is 0 Å². The molecule has 0 radical (unpaired) electrons. The highest BCUT2D eigenvalue weighted by Crippen LogP contribution is 2.30. The average molecular weight is 312 g/mol. The lowest BCUT2D eigenvalue weighted by Crippen LogP contribution is -2.28. The molecule has 0 saturated heterocycles. The van der Waals surface area contributed by atoms with E-state index in [1.54, 1.807) is 6.07 Å². The lowest BCUT2D eigenvalue weighted by Gasteiger charge is -2.26. The number of nitrogens with one attached hydrogen (secondary N) is 2. The van der Waals surface area contributed by atoms with Crippen LogP contribution in [-0.4, -0.2) is 19.9 Å². The molecule has 1 aromatic heterocycles. The molecule has 7 heteroatoms. The minimum atomic E-state index is -3.57. The topological polar surface area (TPSA) is 97.1 Å². The first kappa shape index (κ1) is 16.2. The van der Waals surface area contributed by atoms with E-state index in [2.05, 4.69) is 22.1 Å². The van der Waals surface area contributed by atoms with Gasteiger partial charge in [0.05, 0.1) is 0 Å². The van der Waals surface area contributed by atoms with E-state index in [1.165, 1.54) is 37.9 Å². The molecule has 1 fully saturated rings. The summed E-state index contributed by atoms with van der Waals surface area (Å²) in [6.07, 6.45) is 7.29. The number of pyridine rings is 1. The van der Waals surface area contributed by atoms with Crippen molar-refractivity contribution in [1.29, 1.82) is 0 Å². The Balaban J connectivity index is 1.89. The van der Waals surface area contributed by atoms with Gasteiger partial charge in [0.1, 0.15) is 4.90 Å². The van der Waals surface area contributed by atoms with Crippen molar-refractivity contribution in [2.45, 2.75) is 43.9 Å². The van der Waals surface area contributed by atoms with E-state index in [0.29, 0.717) is 12.5 Å². The second kappa shape index (κ2) is 7.20. The van der Waals surface area contributed by atoms with E-state index in [0.717, 1.165) is 12.3 Å². The molecule has 1 aliphatic rings. The number of hydrazine groups is 1. The van der Waals surface area contributed by atoms with Crippen LogP contribution in [0.3, 0.4) is 0 Å². The van der Waals surface area contributed by atoms with Gasteiger partial charge in [0.15, 0.2) is 5.82 Å². The maximum Gasteiger partial charge on any atom is 0.244 e. The molecule has 21 heavy (non-hydrogen) atoms. The van der Waals surface area contributed by atoms with Crippen LogP contribution in [0.4, 0.5) is 5.82 Å². The minimum absolute atomic E-state index is 0.0877. The van der Waals surface area contributed by atoms with Gasteiger partial charge in [-0.2, -0.15) is 0 Å². The molecule has 1 aliphatic carbocycles. The highest BCUT2D eigenvalue weighted by molar-refractivity contribution is 7.89. The summed E-state index contributed by atoms with van der Waals surface area (Å²) in [6.45, 7) is 2.74. The van der Waals surface area contributed by atoms with Crippen molar-refractivity contribution in [1.82, 2.24) is 9.71 Å². The fraction of sp³-hybridized carbons (Fsp3) is 0.643. The molecule has 1 aromatic rings. The zero-order chi connectivity index (χ0) is 15.3. The van der Waals surface area contributed by atoms with Gasteiger partial charge in [-0.15, -0.1) is 0 Å². The standard InChI is InChI=1S/C14H24N4O2S/c1-11-4-6-12(7-5-11)8-10-17-21(19,20)13-3-2-9-16-14(13)18-15/h2-3,9,11-12,17H,4-8,10,15H2,1H3,(H,16,18). The first-order valence-corrected chi connectivity index (χ1v) is 8.92. The second-order valence-corrected chi connectivity index (χ2v) is 7.54. The van der Waals surface area contributed by atoms with E-state index >= 15 is 0 Å². The van der Waals surface area contributed by atoms with E-state index in [1.807, 2.05) is 0 Å². The highest BCUT2D eigenvalue weighted by Gasteiger charge is 2.21. The molecule has 118 valence electrons. The van der Waals surface area contributed by atoms with Gasteiger partial charge in [0.2, 0.25) is 10.0 Å². The molecule has 0 atom stereocenters. The maximum absolute atomic E-state index is 12.3. The Hall–Kier alpha value is -1.18. The fourth-order valence-electron chi connectivity index (χ4n) is 2.81. The molecular formula is C14H24N4O2S. The summed E-state index contributed by atoms with van der Waals surface area (Å²) in [5.74, 6) is 6.91. The predicted molar refractivity (Wildman–Crippen MR) is 83.0 cm³/mol. The van der Waals surface area contributed by atoms with E-state index in [-0.39, 0.29) is 10.7 Å². The highest BCUT2D eigenvalue weighted by atomic mass is 32.2. The Kier molecular flexibility index (Phi) is 5.55. The third-order valence-electron chi connectivity index (χ3n) is 4.18. The van der Waals surface area contributed by atoms with Crippen LogP contribution < -0.4 is 16.0 Å². The van der Waals surface area contributed by atoms with Crippen LogP contribution in [0.2, 0.25) is 0 Å². The third kappa shape index (κ3) is 4.39. The van der Waals surface area contributed by atoms with E-state index in [9.17, 15) is 8.42 Å². The first-order valence-electron chi connectivity index (χ1n) is 7.44. The smallest absolute Gasteiger partial charge is 0.244 e. The summed E-state index contributed by atoms with van der Waals surface area (Å²) >= 11 is 0. The van der Waals surface area contributed by atoms with E-state index < -0.39 is 10.0 Å². The monoisotopic (exact) mass is 312 g/mol. The van der Waals surface area contributed by atoms with Crippen molar-refractivity contribution < 1.29 is 8.42 Å². The molecule has 0 spiro atoms. The number of aromatic nitrogens is 1. The van der Waals surface area contributed by atoms with Crippen LogP contribution >= 0.6 is 0 Å². The molecule has 0 bridgehead atoms. The van der Waals surface area contributed by atoms with Gasteiger partial charge in [0, 0.05) is 12.7 Å². The molecule has 1 saturated carbocycles. The number of sulfonamides is 1. The van der Waals surface area contributed by atoms with Gasteiger partial charge >= 0.3 is 0 Å². The van der Waals surface area contributed by atoms with Crippen LogP contribution in [0.15, 0.2) is 23.2 Å². The van der Waals surface area contributed by atoms with Gasteiger partial charge in [-0.1, -0.05) is 32.6 Å². The molecule has 0 aromatic carbocycles. The molecule has 6 nitrogen and oxygen atoms in total. The summed E-state index contributed by atoms with van der Waals surface area (Å²) in [7, 11) is -3.57. The Labute approximate surface area is 126 Å². The predicted octanol–water partition coefficient (Wildman–Crippen LogP) is 1.86. The van der Waals surface area contributed by atoms with E-state index in [4.69, 9.17) is 5.84 Å². The number of hydrogen-bond acceptors (Lipinski definition) is 5. The van der Waals surface area contributed by atoms with Gasteiger partial charge in [-0.25, -0.2) is 24.0 Å². The summed E-state index contributed by atoms with van der Waals surface area (Å²) in [4.78, 5) is 4.00. The van der Waals surface area contributed by atoms with Crippen molar-refractivity contribution in [3.8, 4) is 0 Å². The number of nitrogens with zero attached hydrogens (tertiary/aromatic N) is 1. The Morgan fingerprint density at radius 1 is 1.33 bits per heavy atom. The molecule has 0 aliphatic heterocycles. The van der Waals surface area contributed by atoms with Crippen LogP contribution in [0.5, 0.6) is 0 Å². The Morgan fingerprint density at radius 3 is 2.71 bits per heavy atom. The summed E-state index contributed by atoms with van der Waals surface area (Å²) < 4.78 is 27.2. The van der Waals surface area contributed by atoms with Crippen LogP contribution in [0, 0.1) is 11.8 Å². The quantitative estimate of drug-likeness (QED) is 0.550. The number of anilines is 1. The number of nitrogens with two attached hydrogens (primary N) is 1. The lowest BCUT2D eigenvalue weighted by atomic mass is 9.81. The number of rotatable bonds is 6. The van der Waals surface area contributed by atoms with Gasteiger partial charge in [-0.3, -0.25) is 0 Å². The van der Waals surface area contributed by atoms with Crippen LogP contribution in [0.1, 0.15) is 39.0 Å². The van der Waals surface area contributed by atoms with Crippen LogP contribution in [-0.2, 0) is 10.0 Å². The zero-order valence-electron chi connectivity index (χ0n) is 12.4. The number of hydrogen-bond donors (Lipinski definition) is 3. The fourth-order valence-corrected chi connectivity index (χ4v) is 3.97. The summed E-state index contributed by atoms with van der Waals surface area (Å²) in [6, 6.07) is 3.07. The normalized spacial score (nSPS) is 23.0. The third-order valence-corrected chi connectivity index (χ3v) is 5.67. The maximum atomic E-state index is 12.3. The largest absolute Gasteiger partial charge is 0.307 e. The summed E-state index contributed by atoms with van der Waals surface area (Å²) in [5, 5.41) is 0. The molecule has 2 rings (SSSR count). The molecule has 4 N–H and O–H groups in total. The van der Waals surface area contributed by atoms with Gasteiger partial charge < -0.3 is 5.43 Å². The average Bonchev–Trinajstić information content (AvgIpc) is 2.49. The molecule has 1 heterocycles. The van der Waals surface area contributed by atoms with Crippen molar-refractivity contribution in [3.05, 3.63) is 18.3 Å². The Morgan fingerprint density at radius 2 is 2.05 bits per heavy atom. The second-order valence-electron chi connectivity index (χ2n) is 5.81. The zero-order valence-corrected chi connectivity index (χ0v) is 13.2. The van der Waals surface area contributed by atoms with Crippen molar-refractivity contribution in [2.24, 2.45) is 17.7 Å². The van der Waals surface area contributed by atoms with Crippen molar-refractivity contribution in [3.63, 3.8) is 0 Å². The molecule has 0 unspecified atom stereocenters. The Bertz CT molecular complexity index is 554. The lowest BCUT2D eigenvalue weighted by molar-refractivity contribution is 0.278. The molecule has 0 amide bonds. The first-order chi connectivity index (χ1) is 10.0.